The van der Waals surface area contributed by atoms with Gasteiger partial charge in [0.2, 0.25) is 0 Å². The number of nitrogens with zero attached hydrogens (tertiary/aromatic N) is 4. The molecule has 3 aliphatic rings. The Labute approximate surface area is 176 Å². The number of nitrogens with one attached hydrogen (secondary N) is 1. The van der Waals surface area contributed by atoms with E-state index in [1.165, 1.54) is 38.6 Å². The Morgan fingerprint density at radius 1 is 1.19 bits per heavy atom. The van der Waals surface area contributed by atoms with Crippen LogP contribution in [0, 0.1) is 5.92 Å². The van der Waals surface area contributed by atoms with Crippen molar-refractivity contribution in [3.63, 3.8) is 0 Å². The zero-order chi connectivity index (χ0) is 17.7. The van der Waals surface area contributed by atoms with Crippen molar-refractivity contribution in [2.75, 3.05) is 73.6 Å². The summed E-state index contributed by atoms with van der Waals surface area (Å²) in [5.74, 6) is 1.82. The van der Waals surface area contributed by atoms with Crippen LogP contribution in [0.4, 0.5) is 0 Å². The van der Waals surface area contributed by atoms with Gasteiger partial charge in [-0.15, -0.1) is 24.0 Å². The number of rotatable bonds is 5. The molecule has 1 atom stereocenters. The fourth-order valence-corrected chi connectivity index (χ4v) is 4.63. The highest BCUT2D eigenvalue weighted by Crippen LogP contribution is 2.33. The topological polar surface area (TPSA) is 43.3 Å². The molecule has 0 spiro atoms. The third kappa shape index (κ3) is 5.45. The van der Waals surface area contributed by atoms with Gasteiger partial charge in [0, 0.05) is 58.5 Å². The molecule has 1 N–H and O–H groups in total. The fraction of sp³-hybridized carbons (Fsp3) is 0.947. The summed E-state index contributed by atoms with van der Waals surface area (Å²) < 4.78 is 5.51. The van der Waals surface area contributed by atoms with Crippen molar-refractivity contribution in [3.05, 3.63) is 0 Å². The summed E-state index contributed by atoms with van der Waals surface area (Å²) in [6, 6.07) is 0. The Bertz CT molecular complexity index is 439. The second kappa shape index (κ2) is 10.4. The van der Waals surface area contributed by atoms with Crippen LogP contribution in [0.25, 0.3) is 0 Å². The lowest BCUT2D eigenvalue weighted by atomic mass is 9.96. The van der Waals surface area contributed by atoms with Crippen LogP contribution in [0.5, 0.6) is 0 Å². The number of ether oxygens (including phenoxy) is 1. The Kier molecular flexibility index (Phi) is 8.90. The van der Waals surface area contributed by atoms with E-state index in [2.05, 4.69) is 39.1 Å². The van der Waals surface area contributed by atoms with E-state index in [0.29, 0.717) is 5.54 Å². The van der Waals surface area contributed by atoms with Gasteiger partial charge in [-0.1, -0.05) is 12.8 Å². The lowest BCUT2D eigenvalue weighted by molar-refractivity contribution is 0.136. The van der Waals surface area contributed by atoms with Gasteiger partial charge in [-0.05, 0) is 39.3 Å². The molecule has 2 heterocycles. The van der Waals surface area contributed by atoms with Gasteiger partial charge in [0.25, 0.3) is 0 Å². The molecule has 2 saturated heterocycles. The molecule has 3 rings (SSSR count). The van der Waals surface area contributed by atoms with Gasteiger partial charge in [-0.3, -0.25) is 9.89 Å². The maximum absolute atomic E-state index is 5.51. The van der Waals surface area contributed by atoms with E-state index >= 15 is 0 Å². The van der Waals surface area contributed by atoms with Crippen LogP contribution in [0.1, 0.15) is 32.1 Å². The Morgan fingerprint density at radius 3 is 2.42 bits per heavy atom. The number of hydrogen-bond acceptors (Lipinski definition) is 4. The van der Waals surface area contributed by atoms with E-state index in [1.807, 2.05) is 7.05 Å². The van der Waals surface area contributed by atoms with E-state index in [-0.39, 0.29) is 24.0 Å². The lowest BCUT2D eigenvalue weighted by Crippen LogP contribution is -2.57. The molecule has 0 radical (unpaired) electrons. The molecular weight excluding hydrogens is 441 g/mol. The second-order valence-electron chi connectivity index (χ2n) is 8.24. The minimum absolute atomic E-state index is 0. The summed E-state index contributed by atoms with van der Waals surface area (Å²) >= 11 is 0. The molecule has 2 aliphatic heterocycles. The second-order valence-corrected chi connectivity index (χ2v) is 8.24. The summed E-state index contributed by atoms with van der Waals surface area (Å²) in [6.45, 7) is 8.53. The summed E-state index contributed by atoms with van der Waals surface area (Å²) in [5, 5.41) is 3.69. The van der Waals surface area contributed by atoms with E-state index in [0.717, 1.165) is 57.8 Å². The third-order valence-corrected chi connectivity index (χ3v) is 6.48. The smallest absolute Gasteiger partial charge is 0.193 e. The zero-order valence-electron chi connectivity index (χ0n) is 16.9. The molecule has 0 aromatic carbocycles. The molecular formula is C19H38IN5O. The molecule has 152 valence electrons. The van der Waals surface area contributed by atoms with Crippen molar-refractivity contribution < 1.29 is 4.74 Å². The average molecular weight is 479 g/mol. The van der Waals surface area contributed by atoms with E-state index in [4.69, 9.17) is 4.74 Å². The van der Waals surface area contributed by atoms with Crippen molar-refractivity contribution in [2.24, 2.45) is 10.9 Å². The molecule has 0 amide bonds. The Morgan fingerprint density at radius 2 is 1.88 bits per heavy atom. The first-order chi connectivity index (χ1) is 12.1. The highest BCUT2D eigenvalue weighted by atomic mass is 127. The predicted molar refractivity (Wildman–Crippen MR) is 119 cm³/mol. The lowest BCUT2D eigenvalue weighted by Gasteiger charge is -2.40. The maximum Gasteiger partial charge on any atom is 0.193 e. The highest BCUT2D eigenvalue weighted by molar-refractivity contribution is 14.0. The van der Waals surface area contributed by atoms with Crippen LogP contribution in [-0.4, -0.2) is 99.8 Å². The molecule has 26 heavy (non-hydrogen) atoms. The quantitative estimate of drug-likeness (QED) is 0.370. The van der Waals surface area contributed by atoms with Crippen molar-refractivity contribution in [1.82, 2.24) is 20.0 Å². The molecule has 0 aromatic rings. The number of likely N-dealkylation sites (N-methyl/N-ethyl adjacent to an activating group) is 1. The first-order valence-electron chi connectivity index (χ1n) is 10.1. The van der Waals surface area contributed by atoms with Crippen molar-refractivity contribution >= 4 is 29.9 Å². The molecule has 7 heteroatoms. The van der Waals surface area contributed by atoms with Crippen LogP contribution in [-0.2, 0) is 4.74 Å². The maximum atomic E-state index is 5.51. The van der Waals surface area contributed by atoms with Crippen molar-refractivity contribution in [2.45, 2.75) is 37.6 Å². The SMILES string of the molecule is CN=C(NCC1(N(C)C)CCCC1)N1CCN(CC2CCOC2)CC1.I. The number of piperazine rings is 1. The van der Waals surface area contributed by atoms with E-state index in [9.17, 15) is 0 Å². The number of hydrogen-bond donors (Lipinski definition) is 1. The summed E-state index contributed by atoms with van der Waals surface area (Å²) in [6.07, 6.45) is 6.52. The van der Waals surface area contributed by atoms with Gasteiger partial charge in [0.1, 0.15) is 0 Å². The van der Waals surface area contributed by atoms with Crippen LogP contribution < -0.4 is 5.32 Å². The molecule has 0 aromatic heterocycles. The highest BCUT2D eigenvalue weighted by Gasteiger charge is 2.36. The predicted octanol–water partition coefficient (Wildman–Crippen LogP) is 1.71. The van der Waals surface area contributed by atoms with Crippen LogP contribution in [0.2, 0.25) is 0 Å². The van der Waals surface area contributed by atoms with E-state index < -0.39 is 0 Å². The molecule has 3 fully saturated rings. The Balaban J connectivity index is 0.00000243. The van der Waals surface area contributed by atoms with Gasteiger partial charge in [-0.2, -0.15) is 0 Å². The van der Waals surface area contributed by atoms with E-state index in [1.54, 1.807) is 0 Å². The van der Waals surface area contributed by atoms with Gasteiger partial charge < -0.3 is 19.9 Å². The number of aliphatic imine (C=N–C) groups is 1. The minimum Gasteiger partial charge on any atom is -0.381 e. The molecule has 1 unspecified atom stereocenters. The van der Waals surface area contributed by atoms with Crippen molar-refractivity contribution in [1.29, 1.82) is 0 Å². The normalized spacial score (nSPS) is 27.0. The monoisotopic (exact) mass is 479 g/mol. The van der Waals surface area contributed by atoms with Gasteiger partial charge in [0.05, 0.1) is 6.61 Å². The van der Waals surface area contributed by atoms with Gasteiger partial charge in [-0.25, -0.2) is 0 Å². The van der Waals surface area contributed by atoms with Crippen LogP contribution in [0.15, 0.2) is 4.99 Å². The third-order valence-electron chi connectivity index (χ3n) is 6.48. The first-order valence-corrected chi connectivity index (χ1v) is 10.1. The van der Waals surface area contributed by atoms with Gasteiger partial charge in [0.15, 0.2) is 5.96 Å². The zero-order valence-corrected chi connectivity index (χ0v) is 19.2. The minimum atomic E-state index is 0. The molecule has 1 saturated carbocycles. The average Bonchev–Trinajstić information content (AvgIpc) is 3.29. The van der Waals surface area contributed by atoms with Gasteiger partial charge >= 0.3 is 0 Å². The standard InChI is InChI=1S/C19H37N5O.HI/c1-20-18(21-16-19(22(2)3)7-4-5-8-19)24-11-9-23(10-12-24)14-17-6-13-25-15-17;/h17H,4-16H2,1-3H3,(H,20,21);1H. The number of guanidine groups is 1. The number of halogens is 1. The molecule has 6 nitrogen and oxygen atoms in total. The van der Waals surface area contributed by atoms with Crippen LogP contribution >= 0.6 is 24.0 Å². The van der Waals surface area contributed by atoms with Crippen molar-refractivity contribution in [3.8, 4) is 0 Å². The summed E-state index contributed by atoms with van der Waals surface area (Å²) in [5.41, 5.74) is 0.306. The fourth-order valence-electron chi connectivity index (χ4n) is 4.63. The molecule has 1 aliphatic carbocycles. The Hall–Kier alpha value is -0.120. The largest absolute Gasteiger partial charge is 0.381 e. The summed E-state index contributed by atoms with van der Waals surface area (Å²) in [4.78, 5) is 12.0. The van der Waals surface area contributed by atoms with Crippen LogP contribution in [0.3, 0.4) is 0 Å². The summed E-state index contributed by atoms with van der Waals surface area (Å²) in [7, 11) is 6.37. The molecule has 0 bridgehead atoms. The first kappa shape index (κ1) is 22.2.